The van der Waals surface area contributed by atoms with Crippen molar-refractivity contribution in [2.24, 2.45) is 0 Å². The maximum atomic E-state index is 11.6. The van der Waals surface area contributed by atoms with Gasteiger partial charge in [-0.3, -0.25) is 10.1 Å². The Morgan fingerprint density at radius 2 is 1.52 bits per heavy atom. The molecule has 3 aromatic carbocycles. The molecule has 0 fully saturated rings. The van der Waals surface area contributed by atoms with Crippen LogP contribution in [0.4, 0.5) is 5.69 Å². The number of para-hydroxylation sites is 1. The fraction of sp³-hybridized carbons (Fsp3) is 0.130. The van der Waals surface area contributed by atoms with Crippen molar-refractivity contribution in [1.29, 1.82) is 0 Å². The molecule has 4 heteroatoms. The number of nitrogens with zero attached hydrogens (tertiary/aromatic N) is 1. The van der Waals surface area contributed by atoms with Crippen molar-refractivity contribution < 1.29 is 4.92 Å². The number of H-pyrrole nitrogens is 1. The van der Waals surface area contributed by atoms with Crippen LogP contribution in [0.3, 0.4) is 0 Å². The van der Waals surface area contributed by atoms with Gasteiger partial charge in [0.05, 0.1) is 16.2 Å². The molecule has 0 amide bonds. The molecule has 0 saturated heterocycles. The van der Waals surface area contributed by atoms with E-state index in [2.05, 4.69) is 43.1 Å². The molecule has 5 rings (SSSR count). The Morgan fingerprint density at radius 1 is 0.852 bits per heavy atom. The van der Waals surface area contributed by atoms with Crippen LogP contribution in [0.15, 0.2) is 66.7 Å². The zero-order valence-corrected chi connectivity index (χ0v) is 15.1. The Hall–Kier alpha value is -3.40. The van der Waals surface area contributed by atoms with Crippen LogP contribution < -0.4 is 0 Å². The standard InChI is InChI=1S/C23H18N2O2/c1-23(2)17-11-5-3-9-16(17)22-21(23)20-15(10-7-12-18(20)24-22)14-8-4-6-13-19(14)25(26)27/h3-13,24H,1-2H3. The molecule has 0 atom stereocenters. The van der Waals surface area contributed by atoms with Crippen molar-refractivity contribution in [3.8, 4) is 22.4 Å². The fourth-order valence-electron chi connectivity index (χ4n) is 4.54. The van der Waals surface area contributed by atoms with E-state index in [0.29, 0.717) is 5.56 Å². The van der Waals surface area contributed by atoms with Crippen LogP contribution in [0.2, 0.25) is 0 Å². The second-order valence-electron chi connectivity index (χ2n) is 7.55. The van der Waals surface area contributed by atoms with E-state index in [0.717, 1.165) is 22.2 Å². The highest BCUT2D eigenvalue weighted by molar-refractivity contribution is 6.06. The molecule has 0 spiro atoms. The average molecular weight is 354 g/mol. The minimum Gasteiger partial charge on any atom is -0.354 e. The first kappa shape index (κ1) is 15.8. The molecule has 1 N–H and O–H groups in total. The summed E-state index contributed by atoms with van der Waals surface area (Å²) in [6.45, 7) is 4.45. The van der Waals surface area contributed by atoms with Gasteiger partial charge in [0.2, 0.25) is 0 Å². The number of nitro groups is 1. The number of fused-ring (bicyclic) bond motifs is 5. The maximum absolute atomic E-state index is 11.6. The lowest BCUT2D eigenvalue weighted by molar-refractivity contribution is -0.384. The third kappa shape index (κ3) is 2.04. The van der Waals surface area contributed by atoms with E-state index in [1.807, 2.05) is 30.3 Å². The number of benzene rings is 3. The lowest BCUT2D eigenvalue weighted by atomic mass is 9.80. The average Bonchev–Trinajstić information content (AvgIpc) is 3.17. The number of nitrogens with one attached hydrogen (secondary N) is 1. The van der Waals surface area contributed by atoms with Crippen LogP contribution in [0.1, 0.15) is 25.0 Å². The maximum Gasteiger partial charge on any atom is 0.277 e. The molecule has 1 aliphatic rings. The summed E-state index contributed by atoms with van der Waals surface area (Å²) < 4.78 is 0. The van der Waals surface area contributed by atoms with Crippen LogP contribution in [0, 0.1) is 10.1 Å². The van der Waals surface area contributed by atoms with Gasteiger partial charge in [-0.2, -0.15) is 0 Å². The summed E-state index contributed by atoms with van der Waals surface area (Å²) >= 11 is 0. The number of aromatic nitrogens is 1. The Morgan fingerprint density at radius 3 is 2.30 bits per heavy atom. The Bertz CT molecular complexity index is 1230. The number of hydrogen-bond donors (Lipinski definition) is 1. The first-order chi connectivity index (χ1) is 13.0. The summed E-state index contributed by atoms with van der Waals surface area (Å²) in [4.78, 5) is 14.9. The van der Waals surface area contributed by atoms with Gasteiger partial charge in [0.1, 0.15) is 0 Å². The predicted molar refractivity (Wildman–Crippen MR) is 108 cm³/mol. The molecule has 132 valence electrons. The van der Waals surface area contributed by atoms with Crippen LogP contribution in [-0.2, 0) is 5.41 Å². The second kappa shape index (κ2) is 5.30. The molecule has 4 aromatic rings. The van der Waals surface area contributed by atoms with Crippen LogP contribution >= 0.6 is 0 Å². The number of rotatable bonds is 2. The van der Waals surface area contributed by atoms with Gasteiger partial charge in [-0.25, -0.2) is 0 Å². The number of hydrogen-bond acceptors (Lipinski definition) is 2. The van der Waals surface area contributed by atoms with E-state index >= 15 is 0 Å². The molecule has 0 radical (unpaired) electrons. The second-order valence-corrected chi connectivity index (χ2v) is 7.55. The molecule has 1 heterocycles. The van der Waals surface area contributed by atoms with E-state index in [-0.39, 0.29) is 16.0 Å². The SMILES string of the molecule is CC1(C)c2ccccc2-c2[nH]c3cccc(-c4ccccc4[N+](=O)[O-])c3c21. The van der Waals surface area contributed by atoms with E-state index < -0.39 is 0 Å². The van der Waals surface area contributed by atoms with Crippen molar-refractivity contribution in [2.45, 2.75) is 19.3 Å². The molecular weight excluding hydrogens is 336 g/mol. The van der Waals surface area contributed by atoms with Crippen molar-refractivity contribution >= 4 is 16.6 Å². The lowest BCUT2D eigenvalue weighted by Crippen LogP contribution is -2.15. The normalized spacial score (nSPS) is 14.1. The number of nitro benzene ring substituents is 1. The van der Waals surface area contributed by atoms with Crippen molar-refractivity contribution in [2.75, 3.05) is 0 Å². The summed E-state index contributed by atoms with van der Waals surface area (Å²) in [7, 11) is 0. The van der Waals surface area contributed by atoms with Gasteiger partial charge >= 0.3 is 0 Å². The summed E-state index contributed by atoms with van der Waals surface area (Å²) in [5.41, 5.74) is 7.35. The quantitative estimate of drug-likeness (QED) is 0.352. The highest BCUT2D eigenvalue weighted by Crippen LogP contribution is 2.53. The Balaban J connectivity index is 1.90. The van der Waals surface area contributed by atoms with Gasteiger partial charge in [-0.05, 0) is 28.8 Å². The topological polar surface area (TPSA) is 58.9 Å². The summed E-state index contributed by atoms with van der Waals surface area (Å²) in [5, 5.41) is 12.7. The van der Waals surface area contributed by atoms with Crippen molar-refractivity contribution in [3.05, 3.63) is 88.0 Å². The molecule has 0 bridgehead atoms. The van der Waals surface area contributed by atoms with Gasteiger partial charge in [0.15, 0.2) is 0 Å². The first-order valence-corrected chi connectivity index (χ1v) is 8.99. The fourth-order valence-corrected chi connectivity index (χ4v) is 4.54. The van der Waals surface area contributed by atoms with Gasteiger partial charge in [0, 0.05) is 27.9 Å². The molecule has 27 heavy (non-hydrogen) atoms. The molecule has 4 nitrogen and oxygen atoms in total. The zero-order valence-electron chi connectivity index (χ0n) is 15.1. The van der Waals surface area contributed by atoms with Crippen LogP contribution in [0.25, 0.3) is 33.3 Å². The zero-order chi connectivity index (χ0) is 18.8. The summed E-state index contributed by atoms with van der Waals surface area (Å²) in [6, 6.07) is 21.4. The molecule has 0 unspecified atom stereocenters. The summed E-state index contributed by atoms with van der Waals surface area (Å²) in [6.07, 6.45) is 0. The number of aromatic amines is 1. The van der Waals surface area contributed by atoms with Crippen molar-refractivity contribution in [3.63, 3.8) is 0 Å². The van der Waals surface area contributed by atoms with Gasteiger partial charge < -0.3 is 4.98 Å². The van der Waals surface area contributed by atoms with Crippen molar-refractivity contribution in [1.82, 2.24) is 4.98 Å². The van der Waals surface area contributed by atoms with Gasteiger partial charge in [0.25, 0.3) is 5.69 Å². The monoisotopic (exact) mass is 354 g/mol. The Labute approximate surface area is 156 Å². The van der Waals surface area contributed by atoms with Crippen LogP contribution in [-0.4, -0.2) is 9.91 Å². The van der Waals surface area contributed by atoms with Crippen LogP contribution in [0.5, 0.6) is 0 Å². The third-order valence-corrected chi connectivity index (χ3v) is 5.71. The summed E-state index contributed by atoms with van der Waals surface area (Å²) in [5.74, 6) is 0. The lowest BCUT2D eigenvalue weighted by Gasteiger charge is -2.22. The molecule has 1 aromatic heterocycles. The largest absolute Gasteiger partial charge is 0.354 e. The van der Waals surface area contributed by atoms with Gasteiger partial charge in [-0.15, -0.1) is 0 Å². The van der Waals surface area contributed by atoms with E-state index in [1.165, 1.54) is 16.7 Å². The first-order valence-electron chi connectivity index (χ1n) is 8.99. The molecule has 0 saturated carbocycles. The predicted octanol–water partition coefficient (Wildman–Crippen LogP) is 6.05. The molecule has 1 aliphatic carbocycles. The molecule has 0 aliphatic heterocycles. The minimum atomic E-state index is -0.305. The van der Waals surface area contributed by atoms with E-state index in [1.54, 1.807) is 12.1 Å². The Kier molecular flexibility index (Phi) is 3.11. The molecular formula is C23H18N2O2. The third-order valence-electron chi connectivity index (χ3n) is 5.71. The van der Waals surface area contributed by atoms with E-state index in [9.17, 15) is 10.1 Å². The smallest absolute Gasteiger partial charge is 0.277 e. The van der Waals surface area contributed by atoms with Gasteiger partial charge in [-0.1, -0.05) is 62.4 Å². The minimum absolute atomic E-state index is 0.133. The van der Waals surface area contributed by atoms with E-state index in [4.69, 9.17) is 0 Å². The highest BCUT2D eigenvalue weighted by atomic mass is 16.6. The highest BCUT2D eigenvalue weighted by Gasteiger charge is 2.39.